The largest absolute Gasteiger partial charge is 0.306 e. The molecule has 96 valence electrons. The van der Waals surface area contributed by atoms with Gasteiger partial charge in [-0.15, -0.1) is 11.3 Å². The molecule has 0 bridgehead atoms. The van der Waals surface area contributed by atoms with E-state index < -0.39 is 0 Å². The molecule has 1 N–H and O–H groups in total. The summed E-state index contributed by atoms with van der Waals surface area (Å²) in [4.78, 5) is 1.39. The zero-order valence-electron chi connectivity index (χ0n) is 11.1. The van der Waals surface area contributed by atoms with Gasteiger partial charge in [0, 0.05) is 4.88 Å². The minimum atomic E-state index is 0.339. The first kappa shape index (κ1) is 13.3. The molecule has 1 atom stereocenters. The Balaban J connectivity index is 2.20. The quantitative estimate of drug-likeness (QED) is 0.811. The molecule has 0 spiro atoms. The van der Waals surface area contributed by atoms with E-state index in [1.165, 1.54) is 28.8 Å². The molecule has 0 radical (unpaired) electrons. The molecule has 0 amide bonds. The van der Waals surface area contributed by atoms with E-state index in [4.69, 9.17) is 0 Å². The van der Waals surface area contributed by atoms with Crippen LogP contribution in [0.4, 0.5) is 0 Å². The summed E-state index contributed by atoms with van der Waals surface area (Å²) in [5, 5.41) is 5.71. The fourth-order valence-electron chi connectivity index (χ4n) is 2.21. The standard InChI is InChI=1S/C16H21NS/c1-3-6-13-8-10-14(11-9-13)16(17-4-2)15-7-5-12-18-15/h5,7-12,16-17H,3-4,6H2,1-2H3. The first-order valence-electron chi connectivity index (χ1n) is 6.70. The lowest BCUT2D eigenvalue weighted by Crippen LogP contribution is -2.21. The van der Waals surface area contributed by atoms with Gasteiger partial charge in [0.05, 0.1) is 6.04 Å². The molecule has 2 heteroatoms. The van der Waals surface area contributed by atoms with Gasteiger partial charge in [-0.05, 0) is 35.5 Å². The van der Waals surface area contributed by atoms with Crippen molar-refractivity contribution in [3.8, 4) is 0 Å². The molecule has 1 aromatic heterocycles. The Hall–Kier alpha value is -1.12. The maximum Gasteiger partial charge on any atom is 0.0670 e. The zero-order valence-corrected chi connectivity index (χ0v) is 12.0. The second-order valence-corrected chi connectivity index (χ2v) is 5.48. The van der Waals surface area contributed by atoms with Gasteiger partial charge in [0.15, 0.2) is 0 Å². The van der Waals surface area contributed by atoms with Crippen LogP contribution in [0.1, 0.15) is 42.3 Å². The van der Waals surface area contributed by atoms with Crippen molar-refractivity contribution in [2.45, 2.75) is 32.7 Å². The minimum absolute atomic E-state index is 0.339. The topological polar surface area (TPSA) is 12.0 Å². The van der Waals surface area contributed by atoms with Gasteiger partial charge in [0.25, 0.3) is 0 Å². The van der Waals surface area contributed by atoms with Crippen LogP contribution < -0.4 is 5.32 Å². The van der Waals surface area contributed by atoms with Crippen molar-refractivity contribution in [1.29, 1.82) is 0 Å². The van der Waals surface area contributed by atoms with E-state index in [0.717, 1.165) is 6.54 Å². The molecule has 0 aliphatic heterocycles. The molecule has 2 aromatic rings. The van der Waals surface area contributed by atoms with E-state index in [1.807, 2.05) is 11.3 Å². The van der Waals surface area contributed by atoms with Crippen molar-refractivity contribution < 1.29 is 0 Å². The van der Waals surface area contributed by atoms with E-state index in [9.17, 15) is 0 Å². The Morgan fingerprint density at radius 3 is 2.44 bits per heavy atom. The Morgan fingerprint density at radius 2 is 1.89 bits per heavy atom. The van der Waals surface area contributed by atoms with Crippen LogP contribution in [0.2, 0.25) is 0 Å². The van der Waals surface area contributed by atoms with Gasteiger partial charge in [0.2, 0.25) is 0 Å². The lowest BCUT2D eigenvalue weighted by Gasteiger charge is -2.17. The summed E-state index contributed by atoms with van der Waals surface area (Å²) in [7, 11) is 0. The average Bonchev–Trinajstić information content (AvgIpc) is 2.91. The van der Waals surface area contributed by atoms with Crippen LogP contribution in [0.25, 0.3) is 0 Å². The number of aryl methyl sites for hydroxylation is 1. The molecule has 2 rings (SSSR count). The molecule has 0 fully saturated rings. The fourth-order valence-corrected chi connectivity index (χ4v) is 3.03. The highest BCUT2D eigenvalue weighted by atomic mass is 32.1. The van der Waals surface area contributed by atoms with Crippen molar-refractivity contribution in [3.63, 3.8) is 0 Å². The predicted molar refractivity (Wildman–Crippen MR) is 80.3 cm³/mol. The third-order valence-corrected chi connectivity index (χ3v) is 4.02. The van der Waals surface area contributed by atoms with Crippen LogP contribution in [0.5, 0.6) is 0 Å². The van der Waals surface area contributed by atoms with Crippen molar-refractivity contribution in [2.75, 3.05) is 6.54 Å². The summed E-state index contributed by atoms with van der Waals surface area (Å²) in [5.41, 5.74) is 2.79. The van der Waals surface area contributed by atoms with E-state index in [0.29, 0.717) is 6.04 Å². The summed E-state index contributed by atoms with van der Waals surface area (Å²) in [5.74, 6) is 0. The van der Waals surface area contributed by atoms with Crippen molar-refractivity contribution in [1.82, 2.24) is 5.32 Å². The second-order valence-electron chi connectivity index (χ2n) is 4.50. The fraction of sp³-hybridized carbons (Fsp3) is 0.375. The Bertz CT molecular complexity index is 444. The van der Waals surface area contributed by atoms with Gasteiger partial charge < -0.3 is 5.32 Å². The van der Waals surface area contributed by atoms with E-state index in [1.54, 1.807) is 0 Å². The molecule has 1 aromatic carbocycles. The van der Waals surface area contributed by atoms with Crippen LogP contribution in [-0.4, -0.2) is 6.54 Å². The third kappa shape index (κ3) is 3.21. The first-order chi connectivity index (χ1) is 8.85. The molecule has 0 saturated carbocycles. The van der Waals surface area contributed by atoms with Gasteiger partial charge in [-0.2, -0.15) is 0 Å². The van der Waals surface area contributed by atoms with Gasteiger partial charge in [-0.3, -0.25) is 0 Å². The molecule has 0 aliphatic rings. The monoisotopic (exact) mass is 259 g/mol. The lowest BCUT2D eigenvalue weighted by molar-refractivity contribution is 0.639. The Labute approximate surface area is 114 Å². The van der Waals surface area contributed by atoms with Crippen LogP contribution in [0, 0.1) is 0 Å². The van der Waals surface area contributed by atoms with Gasteiger partial charge in [-0.1, -0.05) is 50.6 Å². The summed E-state index contributed by atoms with van der Waals surface area (Å²) in [6.07, 6.45) is 2.38. The second kappa shape index (κ2) is 6.72. The third-order valence-electron chi connectivity index (χ3n) is 3.09. The molecular weight excluding hydrogens is 238 g/mol. The van der Waals surface area contributed by atoms with Crippen LogP contribution in [-0.2, 0) is 6.42 Å². The summed E-state index contributed by atoms with van der Waals surface area (Å²) < 4.78 is 0. The summed E-state index contributed by atoms with van der Waals surface area (Å²) >= 11 is 1.82. The van der Waals surface area contributed by atoms with Crippen molar-refractivity contribution in [3.05, 3.63) is 57.8 Å². The van der Waals surface area contributed by atoms with Crippen molar-refractivity contribution in [2.24, 2.45) is 0 Å². The summed E-state index contributed by atoms with van der Waals surface area (Å²) in [6, 6.07) is 13.7. The Kier molecular flexibility index (Phi) is 4.97. The molecule has 1 unspecified atom stereocenters. The highest BCUT2D eigenvalue weighted by molar-refractivity contribution is 7.10. The van der Waals surface area contributed by atoms with Gasteiger partial charge >= 0.3 is 0 Å². The molecule has 0 aliphatic carbocycles. The minimum Gasteiger partial charge on any atom is -0.306 e. The number of nitrogens with one attached hydrogen (secondary N) is 1. The van der Waals surface area contributed by atoms with Crippen LogP contribution >= 0.6 is 11.3 Å². The van der Waals surface area contributed by atoms with Crippen LogP contribution in [0.3, 0.4) is 0 Å². The SMILES string of the molecule is CCCc1ccc(C(NCC)c2cccs2)cc1. The maximum atomic E-state index is 3.56. The molecule has 18 heavy (non-hydrogen) atoms. The maximum absolute atomic E-state index is 3.56. The number of benzene rings is 1. The zero-order chi connectivity index (χ0) is 12.8. The number of hydrogen-bond acceptors (Lipinski definition) is 2. The van der Waals surface area contributed by atoms with Crippen LogP contribution in [0.15, 0.2) is 41.8 Å². The molecule has 0 saturated heterocycles. The first-order valence-corrected chi connectivity index (χ1v) is 7.58. The lowest BCUT2D eigenvalue weighted by atomic mass is 10.0. The Morgan fingerprint density at radius 1 is 1.11 bits per heavy atom. The average molecular weight is 259 g/mol. The normalized spacial score (nSPS) is 12.6. The number of thiophene rings is 1. The van der Waals surface area contributed by atoms with E-state index in [2.05, 4.69) is 60.9 Å². The smallest absolute Gasteiger partial charge is 0.0670 e. The van der Waals surface area contributed by atoms with E-state index in [-0.39, 0.29) is 0 Å². The molecular formula is C16H21NS. The number of hydrogen-bond donors (Lipinski definition) is 1. The van der Waals surface area contributed by atoms with Gasteiger partial charge in [-0.25, -0.2) is 0 Å². The highest BCUT2D eigenvalue weighted by Gasteiger charge is 2.13. The number of rotatable bonds is 6. The van der Waals surface area contributed by atoms with Crippen molar-refractivity contribution >= 4 is 11.3 Å². The molecule has 1 nitrogen and oxygen atoms in total. The highest BCUT2D eigenvalue weighted by Crippen LogP contribution is 2.26. The predicted octanol–water partition coefficient (Wildman–Crippen LogP) is 4.40. The summed E-state index contributed by atoms with van der Waals surface area (Å²) in [6.45, 7) is 5.37. The van der Waals surface area contributed by atoms with Gasteiger partial charge in [0.1, 0.15) is 0 Å². The molecule has 1 heterocycles. The van der Waals surface area contributed by atoms with E-state index >= 15 is 0 Å².